The van der Waals surface area contributed by atoms with Gasteiger partial charge in [0.25, 0.3) is 0 Å². The molecule has 0 saturated carbocycles. The lowest BCUT2D eigenvalue weighted by Crippen LogP contribution is -2.35. The number of nitrogens with one attached hydrogen (secondary N) is 1. The summed E-state index contributed by atoms with van der Waals surface area (Å²) in [6.45, 7) is 4.93. The highest BCUT2D eigenvalue weighted by Gasteiger charge is 2.16. The summed E-state index contributed by atoms with van der Waals surface area (Å²) >= 11 is 0. The first kappa shape index (κ1) is 12.7. The number of amides is 1. The highest BCUT2D eigenvalue weighted by atomic mass is 19.1. The Kier molecular flexibility index (Phi) is 4.97. The van der Waals surface area contributed by atoms with Gasteiger partial charge in [-0.25, -0.2) is 9.18 Å². The standard InChI is InChI=1S/C9H16FNO3/c1-9(2,3)14-8(13)11-6-7(10)4-5-12/h4-5,7,12H,6H2,1-3H3,(H,11,13)/b5-4-. The maximum absolute atomic E-state index is 12.7. The van der Waals surface area contributed by atoms with Crippen molar-refractivity contribution in [1.82, 2.24) is 5.32 Å². The molecule has 1 amide bonds. The third-order valence-corrected chi connectivity index (χ3v) is 1.14. The summed E-state index contributed by atoms with van der Waals surface area (Å²) in [5.74, 6) is 0. The van der Waals surface area contributed by atoms with Crippen LogP contribution in [0.3, 0.4) is 0 Å². The molecule has 0 spiro atoms. The number of carbonyl (C=O) groups excluding carboxylic acids is 1. The van der Waals surface area contributed by atoms with Crippen molar-refractivity contribution in [3.63, 3.8) is 0 Å². The molecule has 0 aromatic carbocycles. The number of alkyl carbamates (subject to hydrolysis) is 1. The Balaban J connectivity index is 3.75. The van der Waals surface area contributed by atoms with Crippen molar-refractivity contribution in [2.75, 3.05) is 6.54 Å². The second kappa shape index (κ2) is 5.47. The Morgan fingerprint density at radius 1 is 1.64 bits per heavy atom. The summed E-state index contributed by atoms with van der Waals surface area (Å²) < 4.78 is 17.5. The number of rotatable bonds is 3. The molecule has 0 rings (SSSR count). The molecule has 0 aliphatic carbocycles. The van der Waals surface area contributed by atoms with Crippen molar-refractivity contribution in [2.24, 2.45) is 0 Å². The van der Waals surface area contributed by atoms with E-state index in [-0.39, 0.29) is 6.54 Å². The van der Waals surface area contributed by atoms with Crippen LogP contribution in [0.4, 0.5) is 9.18 Å². The summed E-state index contributed by atoms with van der Waals surface area (Å²) in [6, 6.07) is 0. The Morgan fingerprint density at radius 3 is 2.64 bits per heavy atom. The van der Waals surface area contributed by atoms with E-state index in [9.17, 15) is 9.18 Å². The average Bonchev–Trinajstić information content (AvgIpc) is 1.98. The molecule has 0 aliphatic heterocycles. The summed E-state index contributed by atoms with van der Waals surface area (Å²) in [5.41, 5.74) is -0.595. The van der Waals surface area contributed by atoms with Crippen molar-refractivity contribution in [3.05, 3.63) is 12.3 Å². The van der Waals surface area contributed by atoms with Crippen molar-refractivity contribution in [3.8, 4) is 0 Å². The van der Waals surface area contributed by atoms with E-state index >= 15 is 0 Å². The smallest absolute Gasteiger partial charge is 0.407 e. The van der Waals surface area contributed by atoms with Gasteiger partial charge in [-0.2, -0.15) is 0 Å². The second-order valence-corrected chi connectivity index (χ2v) is 3.74. The van der Waals surface area contributed by atoms with Crippen molar-refractivity contribution >= 4 is 6.09 Å². The number of aliphatic hydroxyl groups excluding tert-OH is 1. The SMILES string of the molecule is CC(C)(C)OC(=O)NCC(F)/C=C\O. The minimum absolute atomic E-state index is 0.216. The molecule has 0 radical (unpaired) electrons. The van der Waals surface area contributed by atoms with E-state index in [4.69, 9.17) is 9.84 Å². The van der Waals surface area contributed by atoms with Gasteiger partial charge in [-0.1, -0.05) is 0 Å². The van der Waals surface area contributed by atoms with Crippen molar-refractivity contribution in [1.29, 1.82) is 0 Å². The lowest BCUT2D eigenvalue weighted by Gasteiger charge is -2.19. The maximum atomic E-state index is 12.7. The van der Waals surface area contributed by atoms with Crippen LogP contribution in [0.5, 0.6) is 0 Å². The Labute approximate surface area is 82.8 Å². The van der Waals surface area contributed by atoms with Crippen molar-refractivity contribution < 1.29 is 19.0 Å². The molecule has 1 atom stereocenters. The molecular formula is C9H16FNO3. The molecule has 0 heterocycles. The van der Waals surface area contributed by atoms with E-state index in [1.165, 1.54) is 0 Å². The summed E-state index contributed by atoms with van der Waals surface area (Å²) in [4.78, 5) is 11.0. The number of alkyl halides is 1. The molecule has 0 aliphatic rings. The van der Waals surface area contributed by atoms with Crippen LogP contribution in [0.15, 0.2) is 12.3 Å². The predicted octanol–water partition coefficient (Wildman–Crippen LogP) is 1.92. The van der Waals surface area contributed by atoms with Crippen LogP contribution in [-0.4, -0.2) is 29.5 Å². The number of halogens is 1. The lowest BCUT2D eigenvalue weighted by molar-refractivity contribution is 0.0518. The van der Waals surface area contributed by atoms with E-state index in [2.05, 4.69) is 5.32 Å². The van der Waals surface area contributed by atoms with Crippen LogP contribution in [0.1, 0.15) is 20.8 Å². The molecule has 0 aromatic heterocycles. The summed E-state index contributed by atoms with van der Waals surface area (Å²) in [6.07, 6.45) is -0.558. The third-order valence-electron chi connectivity index (χ3n) is 1.14. The first-order valence-corrected chi connectivity index (χ1v) is 4.27. The molecule has 5 heteroatoms. The van der Waals surface area contributed by atoms with E-state index in [0.717, 1.165) is 6.08 Å². The van der Waals surface area contributed by atoms with E-state index in [1.807, 2.05) is 0 Å². The van der Waals surface area contributed by atoms with Gasteiger partial charge in [0.15, 0.2) is 0 Å². The summed E-state index contributed by atoms with van der Waals surface area (Å²) in [7, 11) is 0. The summed E-state index contributed by atoms with van der Waals surface area (Å²) in [5, 5.41) is 10.4. The molecule has 0 aromatic rings. The van der Waals surface area contributed by atoms with Gasteiger partial charge in [-0.15, -0.1) is 0 Å². The number of aliphatic hydroxyl groups is 1. The van der Waals surface area contributed by atoms with E-state index < -0.39 is 17.9 Å². The van der Waals surface area contributed by atoms with Gasteiger partial charge in [0, 0.05) is 0 Å². The van der Waals surface area contributed by atoms with Crippen molar-refractivity contribution in [2.45, 2.75) is 32.5 Å². The van der Waals surface area contributed by atoms with Gasteiger partial charge in [0.05, 0.1) is 12.8 Å². The first-order chi connectivity index (χ1) is 6.35. The van der Waals surface area contributed by atoms with Crippen LogP contribution in [0.2, 0.25) is 0 Å². The minimum atomic E-state index is -1.41. The highest BCUT2D eigenvalue weighted by molar-refractivity contribution is 5.67. The zero-order valence-electron chi connectivity index (χ0n) is 8.58. The monoisotopic (exact) mass is 205 g/mol. The molecular weight excluding hydrogens is 189 g/mol. The number of hydrogen-bond donors (Lipinski definition) is 2. The third kappa shape index (κ3) is 7.39. The van der Waals surface area contributed by atoms with Gasteiger partial charge in [-0.05, 0) is 26.8 Å². The molecule has 4 nitrogen and oxygen atoms in total. The van der Waals surface area contributed by atoms with Gasteiger partial charge in [0.2, 0.25) is 0 Å². The zero-order chi connectivity index (χ0) is 11.2. The van der Waals surface area contributed by atoms with Crippen LogP contribution < -0.4 is 5.32 Å². The second-order valence-electron chi connectivity index (χ2n) is 3.74. The molecule has 0 bridgehead atoms. The van der Waals surface area contributed by atoms with Gasteiger partial charge in [0.1, 0.15) is 11.8 Å². The molecule has 82 valence electrons. The Hall–Kier alpha value is -1.26. The highest BCUT2D eigenvalue weighted by Crippen LogP contribution is 2.06. The molecule has 2 N–H and O–H groups in total. The minimum Gasteiger partial charge on any atom is -0.516 e. The molecule has 0 saturated heterocycles. The molecule has 1 unspecified atom stereocenters. The van der Waals surface area contributed by atoms with Gasteiger partial charge >= 0.3 is 6.09 Å². The molecule has 0 fully saturated rings. The van der Waals surface area contributed by atoms with Crippen LogP contribution in [0, 0.1) is 0 Å². The zero-order valence-corrected chi connectivity index (χ0v) is 8.58. The van der Waals surface area contributed by atoms with Gasteiger partial charge < -0.3 is 15.2 Å². The van der Waals surface area contributed by atoms with Crippen LogP contribution >= 0.6 is 0 Å². The number of carbonyl (C=O) groups is 1. The lowest BCUT2D eigenvalue weighted by atomic mass is 10.2. The number of hydrogen-bond acceptors (Lipinski definition) is 3. The predicted molar refractivity (Wildman–Crippen MR) is 50.9 cm³/mol. The fourth-order valence-corrected chi connectivity index (χ4v) is 0.656. The van der Waals surface area contributed by atoms with E-state index in [1.54, 1.807) is 20.8 Å². The Morgan fingerprint density at radius 2 is 2.21 bits per heavy atom. The Bertz CT molecular complexity index is 211. The largest absolute Gasteiger partial charge is 0.516 e. The fourth-order valence-electron chi connectivity index (χ4n) is 0.656. The number of ether oxygens (including phenoxy) is 1. The first-order valence-electron chi connectivity index (χ1n) is 4.27. The quantitative estimate of drug-likeness (QED) is 0.692. The topological polar surface area (TPSA) is 58.6 Å². The van der Waals surface area contributed by atoms with Gasteiger partial charge in [-0.3, -0.25) is 0 Å². The van der Waals surface area contributed by atoms with Crippen LogP contribution in [-0.2, 0) is 4.74 Å². The maximum Gasteiger partial charge on any atom is 0.407 e. The fraction of sp³-hybridized carbons (Fsp3) is 0.667. The van der Waals surface area contributed by atoms with Crippen LogP contribution in [0.25, 0.3) is 0 Å². The normalized spacial score (nSPS) is 14.0. The van der Waals surface area contributed by atoms with E-state index in [0.29, 0.717) is 6.26 Å². The molecule has 14 heavy (non-hydrogen) atoms. The average molecular weight is 205 g/mol.